The number of nitrogens with zero attached hydrogens (tertiary/aromatic N) is 3. The highest BCUT2D eigenvalue weighted by molar-refractivity contribution is 7.98. The van der Waals surface area contributed by atoms with Gasteiger partial charge in [0.05, 0.1) is 13.2 Å². The van der Waals surface area contributed by atoms with Crippen LogP contribution in [0.3, 0.4) is 0 Å². The van der Waals surface area contributed by atoms with E-state index < -0.39 is 0 Å². The zero-order chi connectivity index (χ0) is 9.84. The number of nitrogens with two attached hydrogens (primary N) is 1. The molecule has 0 spiro atoms. The molecule has 0 aliphatic carbocycles. The number of aromatic nitrogens is 3. The van der Waals surface area contributed by atoms with Crippen LogP contribution in [0.4, 0.5) is 5.95 Å². The van der Waals surface area contributed by atoms with Crippen LogP contribution in [0.15, 0.2) is 5.16 Å². The van der Waals surface area contributed by atoms with Crippen molar-refractivity contribution in [1.29, 1.82) is 5.41 Å². The maximum absolute atomic E-state index is 8.73. The molecular weight excluding hydrogens is 190 g/mol. The van der Waals surface area contributed by atoms with Crippen LogP contribution < -0.4 is 11.4 Å². The Hall–Kier alpha value is -1.08. The van der Waals surface area contributed by atoms with E-state index in [9.17, 15) is 0 Å². The van der Waals surface area contributed by atoms with Crippen LogP contribution in [0, 0.1) is 5.41 Å². The Bertz CT molecular complexity index is 349. The van der Waals surface area contributed by atoms with Gasteiger partial charge in [-0.05, 0) is 6.26 Å². The number of rotatable bonds is 3. The minimum absolute atomic E-state index is 0.0194. The third kappa shape index (κ3) is 2.19. The van der Waals surface area contributed by atoms with E-state index in [-0.39, 0.29) is 18.2 Å². The van der Waals surface area contributed by atoms with Crippen molar-refractivity contribution < 1.29 is 5.11 Å². The van der Waals surface area contributed by atoms with Gasteiger partial charge in [-0.2, -0.15) is 9.97 Å². The van der Waals surface area contributed by atoms with Crippen molar-refractivity contribution in [3.63, 3.8) is 0 Å². The van der Waals surface area contributed by atoms with Crippen LogP contribution in [0.2, 0.25) is 0 Å². The highest BCUT2D eigenvalue weighted by Crippen LogP contribution is 2.08. The van der Waals surface area contributed by atoms with E-state index in [1.54, 1.807) is 0 Å². The standard InChI is InChI=1S/C6H11N5OS/c1-13-6-10-4(7)9-5(8)11(6)2-3-12/h12H,2-3H2,1H3,(H3,7,8,9). The van der Waals surface area contributed by atoms with Crippen molar-refractivity contribution in [2.75, 3.05) is 18.6 Å². The van der Waals surface area contributed by atoms with E-state index in [0.29, 0.717) is 11.7 Å². The van der Waals surface area contributed by atoms with Gasteiger partial charge in [-0.25, -0.2) is 0 Å². The molecular formula is C6H11N5OS. The highest BCUT2D eigenvalue weighted by atomic mass is 32.2. The Morgan fingerprint density at radius 1 is 1.62 bits per heavy atom. The lowest BCUT2D eigenvalue weighted by Gasteiger charge is -2.08. The SMILES string of the molecule is CSc1nc(N)nc(=N)n1CCO. The molecule has 0 saturated carbocycles. The Balaban J connectivity index is 3.22. The van der Waals surface area contributed by atoms with E-state index in [4.69, 9.17) is 16.2 Å². The molecule has 0 fully saturated rings. The molecule has 0 aromatic carbocycles. The molecule has 0 radical (unpaired) electrons. The Labute approximate surface area is 79.3 Å². The van der Waals surface area contributed by atoms with Gasteiger partial charge in [0.15, 0.2) is 5.16 Å². The van der Waals surface area contributed by atoms with Gasteiger partial charge >= 0.3 is 0 Å². The number of thioether (sulfide) groups is 1. The number of aliphatic hydroxyl groups is 1. The topological polar surface area (TPSA) is 101 Å². The first-order chi connectivity index (χ1) is 6.19. The molecule has 0 unspecified atom stereocenters. The van der Waals surface area contributed by atoms with Crippen LogP contribution in [0.1, 0.15) is 0 Å². The predicted octanol–water partition coefficient (Wildman–Crippen LogP) is -0.946. The van der Waals surface area contributed by atoms with Crippen molar-refractivity contribution in [1.82, 2.24) is 14.5 Å². The molecule has 0 aliphatic rings. The van der Waals surface area contributed by atoms with Crippen LogP contribution in [0.25, 0.3) is 0 Å². The average molecular weight is 201 g/mol. The molecule has 1 rings (SSSR count). The van der Waals surface area contributed by atoms with Gasteiger partial charge < -0.3 is 10.8 Å². The molecule has 13 heavy (non-hydrogen) atoms. The summed E-state index contributed by atoms with van der Waals surface area (Å²) in [6.07, 6.45) is 1.83. The van der Waals surface area contributed by atoms with E-state index in [1.165, 1.54) is 16.3 Å². The zero-order valence-electron chi connectivity index (χ0n) is 7.19. The first-order valence-electron chi connectivity index (χ1n) is 3.63. The van der Waals surface area contributed by atoms with Gasteiger partial charge in [0.1, 0.15) is 0 Å². The molecule has 6 nitrogen and oxygen atoms in total. The Morgan fingerprint density at radius 3 is 2.85 bits per heavy atom. The number of nitrogen functional groups attached to an aromatic ring is 1. The third-order valence-corrected chi connectivity index (χ3v) is 2.10. The van der Waals surface area contributed by atoms with Crippen molar-refractivity contribution >= 4 is 17.7 Å². The summed E-state index contributed by atoms with van der Waals surface area (Å²) in [5, 5.41) is 16.8. The fourth-order valence-electron chi connectivity index (χ4n) is 0.900. The minimum atomic E-state index is -0.0443. The minimum Gasteiger partial charge on any atom is -0.395 e. The lowest BCUT2D eigenvalue weighted by atomic mass is 10.6. The lowest BCUT2D eigenvalue weighted by molar-refractivity contribution is 0.265. The molecule has 0 aliphatic heterocycles. The second-order valence-electron chi connectivity index (χ2n) is 2.27. The summed E-state index contributed by atoms with van der Waals surface area (Å²) in [5.41, 5.74) is 5.39. The second-order valence-corrected chi connectivity index (χ2v) is 3.04. The number of hydrogen-bond acceptors (Lipinski definition) is 6. The summed E-state index contributed by atoms with van der Waals surface area (Å²) in [6.45, 7) is 0.271. The Morgan fingerprint density at radius 2 is 2.31 bits per heavy atom. The van der Waals surface area contributed by atoms with Crippen molar-refractivity contribution in [3.05, 3.63) is 5.62 Å². The third-order valence-electron chi connectivity index (χ3n) is 1.42. The van der Waals surface area contributed by atoms with Gasteiger partial charge in [-0.1, -0.05) is 11.8 Å². The summed E-state index contributed by atoms with van der Waals surface area (Å²) in [7, 11) is 0. The molecule has 0 saturated heterocycles. The smallest absolute Gasteiger partial charge is 0.227 e. The van der Waals surface area contributed by atoms with Gasteiger partial charge in [0.2, 0.25) is 11.6 Å². The molecule has 0 atom stereocenters. The first kappa shape index (κ1) is 10.0. The molecule has 72 valence electrons. The fourth-order valence-corrected chi connectivity index (χ4v) is 1.48. The monoisotopic (exact) mass is 201 g/mol. The van der Waals surface area contributed by atoms with Crippen molar-refractivity contribution in [2.24, 2.45) is 0 Å². The summed E-state index contributed by atoms with van der Waals surface area (Å²) < 4.78 is 1.50. The number of hydrogen-bond donors (Lipinski definition) is 3. The van der Waals surface area contributed by atoms with Crippen molar-refractivity contribution in [3.8, 4) is 0 Å². The normalized spacial score (nSPS) is 10.3. The van der Waals surface area contributed by atoms with E-state index >= 15 is 0 Å². The Kier molecular flexibility index (Phi) is 3.26. The molecule has 0 bridgehead atoms. The molecule has 1 heterocycles. The summed E-state index contributed by atoms with van der Waals surface area (Å²) >= 11 is 1.36. The lowest BCUT2D eigenvalue weighted by Crippen LogP contribution is -2.28. The summed E-state index contributed by atoms with van der Waals surface area (Å²) in [5.74, 6) is 0.0866. The van der Waals surface area contributed by atoms with Gasteiger partial charge in [0, 0.05) is 0 Å². The highest BCUT2D eigenvalue weighted by Gasteiger charge is 2.04. The van der Waals surface area contributed by atoms with Crippen LogP contribution in [-0.4, -0.2) is 32.5 Å². The molecule has 1 aromatic heterocycles. The molecule has 1 aromatic rings. The maximum Gasteiger partial charge on any atom is 0.227 e. The molecule has 0 amide bonds. The van der Waals surface area contributed by atoms with Crippen LogP contribution in [-0.2, 0) is 6.54 Å². The molecule has 7 heteroatoms. The zero-order valence-corrected chi connectivity index (χ0v) is 8.01. The maximum atomic E-state index is 8.73. The first-order valence-corrected chi connectivity index (χ1v) is 4.85. The number of anilines is 1. The van der Waals surface area contributed by atoms with Crippen LogP contribution >= 0.6 is 11.8 Å². The van der Waals surface area contributed by atoms with E-state index in [0.717, 1.165) is 0 Å². The van der Waals surface area contributed by atoms with Gasteiger partial charge in [-0.15, -0.1) is 0 Å². The number of nitrogens with one attached hydrogen (secondary N) is 1. The van der Waals surface area contributed by atoms with Gasteiger partial charge in [0.25, 0.3) is 0 Å². The number of aliphatic hydroxyl groups excluding tert-OH is 1. The van der Waals surface area contributed by atoms with E-state index in [2.05, 4.69) is 9.97 Å². The largest absolute Gasteiger partial charge is 0.395 e. The van der Waals surface area contributed by atoms with Crippen molar-refractivity contribution in [2.45, 2.75) is 11.7 Å². The molecule has 4 N–H and O–H groups in total. The van der Waals surface area contributed by atoms with Gasteiger partial charge in [-0.3, -0.25) is 9.98 Å². The van der Waals surface area contributed by atoms with E-state index in [1.807, 2.05) is 6.26 Å². The fraction of sp³-hybridized carbons (Fsp3) is 0.500. The predicted molar refractivity (Wildman–Crippen MR) is 49.2 cm³/mol. The second kappa shape index (κ2) is 4.24. The van der Waals surface area contributed by atoms with Crippen LogP contribution in [0.5, 0.6) is 0 Å². The summed E-state index contributed by atoms with van der Waals surface area (Å²) in [6, 6.07) is 0. The quantitative estimate of drug-likeness (QED) is 0.548. The average Bonchev–Trinajstić information content (AvgIpc) is 2.09. The summed E-state index contributed by atoms with van der Waals surface area (Å²) in [4.78, 5) is 7.61.